The first-order valence-corrected chi connectivity index (χ1v) is 40.9. The number of benzene rings is 8. The zero-order valence-corrected chi connectivity index (χ0v) is 64.6. The molecule has 8 aromatic carbocycles. The number of hydrogen-bond donors (Lipinski definition) is 1. The predicted molar refractivity (Wildman–Crippen MR) is 401 cm³/mol. The summed E-state index contributed by atoms with van der Waals surface area (Å²) in [6.07, 6.45) is -9.26. The molecule has 0 spiro atoms. The monoisotopic (exact) mass is 1850 g/mol. The average molecular weight is 1850 g/mol. The fourth-order valence-corrected chi connectivity index (χ4v) is 12.2. The van der Waals surface area contributed by atoms with Crippen LogP contribution < -0.4 is 27.3 Å². The van der Waals surface area contributed by atoms with Crippen molar-refractivity contribution in [3.63, 3.8) is 0 Å². The Labute approximate surface area is 657 Å². The average Bonchev–Trinajstić information content (AvgIpc) is 1.60. The molecular formula is C76H46Br3Cl2F9N6O13Sn. The molecule has 3 aromatic heterocycles. The number of cyclic esters (lactones) is 2. The van der Waals surface area contributed by atoms with Gasteiger partial charge < -0.3 is 24.2 Å². The molecule has 2 aliphatic rings. The van der Waals surface area contributed by atoms with Gasteiger partial charge in [0.05, 0.1) is 69.2 Å². The number of ketones is 3. The van der Waals surface area contributed by atoms with Crippen molar-refractivity contribution in [1.29, 1.82) is 0 Å². The molecule has 2 N–H and O–H groups in total. The van der Waals surface area contributed by atoms with Crippen molar-refractivity contribution < 1.29 is 82.7 Å². The van der Waals surface area contributed by atoms with E-state index in [0.717, 1.165) is 56.5 Å². The number of nitrogens with two attached hydrogens (primary N) is 1. The van der Waals surface area contributed by atoms with Gasteiger partial charge in [-0.2, -0.15) is 39.5 Å². The molecule has 2 aliphatic heterocycles. The molecule has 0 fully saturated rings. The number of ether oxygens (including phenoxy) is 1. The van der Waals surface area contributed by atoms with Crippen molar-refractivity contribution in [2.75, 3.05) is 10.6 Å². The summed E-state index contributed by atoms with van der Waals surface area (Å²) >= 11 is 8.72. The molecular weight excluding hydrogens is 1810 g/mol. The fraction of sp³-hybridized carbons (Fsp3) is 0.0789. The Morgan fingerprint density at radius 2 is 0.727 bits per heavy atom. The molecule has 0 aliphatic carbocycles. The van der Waals surface area contributed by atoms with E-state index in [-0.39, 0.29) is 50.4 Å². The number of halogens is 14. The molecule has 34 heteroatoms. The molecule has 0 atom stereocenters. The molecule has 0 unspecified atom stereocenters. The number of amides is 2. The van der Waals surface area contributed by atoms with Crippen molar-refractivity contribution in [2.24, 2.45) is 0 Å². The van der Waals surface area contributed by atoms with Crippen LogP contribution in [0.2, 0.25) is 0 Å². The van der Waals surface area contributed by atoms with Crippen molar-refractivity contribution in [3.05, 3.63) is 341 Å². The molecule has 0 bridgehead atoms. The number of nitrogen functional groups attached to an aromatic ring is 1. The Morgan fingerprint density at radius 1 is 0.418 bits per heavy atom. The number of nitro groups is 1. The third kappa shape index (κ3) is 20.6. The minimum atomic E-state index is -4.48. The standard InChI is InChI=1S/C28H16BrF3N2O4.C20H12BrF3N2O4.C20H14BrF3N2O2.C8H4O3.2ClH.Sn/c29-20-13-23(34-25(36)21-6-1-2-7-22(21)26(34)37)27(38)33(14-20)15-24(35)17-10-8-16(9-11-17)18-4-3-5-19(12-18)28(30,31)32;21-16-9-17(26(29)30)19(28)25(10-16)11-18(27)13-6-4-12(5-7-13)14-2-1-3-15(8-14)20(22,23)24;21-16-9-17(25)19(28)26(10-16)11-18(27)13-6-4-12(5-7-13)14-2-1-3-15(8-14)20(22,23)24;9-7-5-3-1-2-4-6(5)8(10)11-7;;;/h1-14H,15H2;1-10H,11H2;1-10H,11,25H2;1-4H;2*1H;/q;;;;;;+2/p-2. The van der Waals surface area contributed by atoms with E-state index in [4.69, 9.17) is 23.6 Å². The molecule has 2 amide bonds. The first kappa shape index (κ1) is 83.3. The van der Waals surface area contributed by atoms with Crippen LogP contribution in [0.3, 0.4) is 0 Å². The second-order valence-electron chi connectivity index (χ2n) is 23.3. The third-order valence-corrected chi connectivity index (χ3v) is 17.4. The number of esters is 2. The molecule has 11 aromatic rings. The summed E-state index contributed by atoms with van der Waals surface area (Å²) in [6, 6.07) is 49.2. The first-order chi connectivity index (χ1) is 51.9. The van der Waals surface area contributed by atoms with Gasteiger partial charge in [-0.05, 0) is 154 Å². The number of imide groups is 1. The van der Waals surface area contributed by atoms with Crippen molar-refractivity contribution in [2.45, 2.75) is 38.2 Å². The van der Waals surface area contributed by atoms with Gasteiger partial charge in [-0.25, -0.2) is 14.5 Å². The van der Waals surface area contributed by atoms with Gasteiger partial charge in [-0.3, -0.25) is 48.5 Å². The van der Waals surface area contributed by atoms with E-state index in [0.29, 0.717) is 59.0 Å². The van der Waals surface area contributed by atoms with E-state index in [1.54, 1.807) is 54.6 Å². The van der Waals surface area contributed by atoms with Crippen LogP contribution in [0.1, 0.15) is 89.2 Å². The van der Waals surface area contributed by atoms with E-state index in [9.17, 15) is 97.6 Å². The Hall–Kier alpha value is -10.7. The number of aromatic nitrogens is 3. The summed E-state index contributed by atoms with van der Waals surface area (Å²) in [4.78, 5) is 134. The molecule has 5 heterocycles. The molecule has 0 saturated carbocycles. The Bertz CT molecular complexity index is 5560. The van der Waals surface area contributed by atoms with Crippen molar-refractivity contribution in [3.8, 4) is 33.4 Å². The maximum absolute atomic E-state index is 13.2. The predicted octanol–water partition coefficient (Wildman–Crippen LogP) is 17.8. The van der Waals surface area contributed by atoms with Gasteiger partial charge in [0.15, 0.2) is 17.3 Å². The van der Waals surface area contributed by atoms with Crippen LogP contribution in [-0.2, 0) is 42.9 Å². The minimum absolute atomic E-state index is 0.0158. The number of pyridine rings is 3. The van der Waals surface area contributed by atoms with Gasteiger partial charge in [0.1, 0.15) is 5.69 Å². The van der Waals surface area contributed by atoms with Gasteiger partial charge in [-0.1, -0.05) is 133 Å². The Morgan fingerprint density at radius 3 is 1.06 bits per heavy atom. The van der Waals surface area contributed by atoms with Gasteiger partial charge >= 0.3 is 78.4 Å². The second-order valence-corrected chi connectivity index (χ2v) is 30.3. The summed E-state index contributed by atoms with van der Waals surface area (Å²) in [5, 5.41) is 11.0. The summed E-state index contributed by atoms with van der Waals surface area (Å²) in [7, 11) is 9.87. The molecule has 0 saturated heterocycles. The SMILES string of the molecule is Nc1cc(Br)cn(CC(=O)c2ccc(-c3cccc(C(F)(F)F)c3)cc2)c1=O.O=C(Cn1cc(Br)cc(N2C(=O)c3ccccc3C2=O)c1=O)c1ccc(-c2cccc(C(F)(F)F)c2)cc1.O=C(Cn1cc(Br)cc([N+](=O)[O-])c1=O)c1ccc(-c2cccc(C(F)(F)F)c2)cc1.O=C1OC(=O)c2ccccc21.[Cl][Sn][Cl]. The van der Waals surface area contributed by atoms with Crippen LogP contribution in [-0.4, -0.2) is 78.6 Å². The zero-order valence-electron chi connectivity index (χ0n) is 55.5. The molecule has 19 nitrogen and oxygen atoms in total. The van der Waals surface area contributed by atoms with Gasteiger partial charge in [-0.15, -0.1) is 0 Å². The zero-order chi connectivity index (χ0) is 80.3. The first-order valence-electron chi connectivity index (χ1n) is 31.3. The van der Waals surface area contributed by atoms with Gasteiger partial charge in [0.25, 0.3) is 22.9 Å². The van der Waals surface area contributed by atoms with E-state index in [2.05, 4.69) is 52.5 Å². The van der Waals surface area contributed by atoms with Crippen LogP contribution in [0, 0.1) is 10.1 Å². The normalized spacial score (nSPS) is 12.1. The Balaban J connectivity index is 0.000000176. The molecule has 560 valence electrons. The van der Waals surface area contributed by atoms with Gasteiger partial charge in [0.2, 0.25) is 0 Å². The fourth-order valence-electron chi connectivity index (χ4n) is 10.8. The number of nitrogens with zero attached hydrogens (tertiary/aromatic N) is 5. The van der Waals surface area contributed by atoms with Crippen LogP contribution in [0.15, 0.2) is 259 Å². The van der Waals surface area contributed by atoms with Crippen molar-refractivity contribution in [1.82, 2.24) is 13.7 Å². The van der Waals surface area contributed by atoms with Crippen LogP contribution in [0.5, 0.6) is 0 Å². The quantitative estimate of drug-likeness (QED) is 0.0155. The summed E-state index contributed by atoms with van der Waals surface area (Å²) in [6.45, 7) is -1.02. The van der Waals surface area contributed by atoms with Crippen LogP contribution in [0.4, 0.5) is 56.6 Å². The number of carbonyl (C=O) groups is 7. The van der Waals surface area contributed by atoms with E-state index in [1.165, 1.54) is 138 Å². The number of rotatable bonds is 14. The van der Waals surface area contributed by atoms with E-state index < -0.39 is 130 Å². The summed E-state index contributed by atoms with van der Waals surface area (Å²) < 4.78 is 125. The van der Waals surface area contributed by atoms with Gasteiger partial charge in [0, 0.05) is 54.8 Å². The van der Waals surface area contributed by atoms with E-state index in [1.807, 2.05) is 0 Å². The van der Waals surface area contributed by atoms with Crippen LogP contribution in [0.25, 0.3) is 33.4 Å². The number of fused-ring (bicyclic) bond motifs is 2. The third-order valence-electron chi connectivity index (χ3n) is 16.1. The molecule has 110 heavy (non-hydrogen) atoms. The van der Waals surface area contributed by atoms with E-state index >= 15 is 0 Å². The van der Waals surface area contributed by atoms with Crippen molar-refractivity contribution >= 4 is 143 Å². The topological polar surface area (TPSA) is 267 Å². The summed E-state index contributed by atoms with van der Waals surface area (Å²) in [5.41, 5.74) is 4.79. The maximum atomic E-state index is 13.2. The van der Waals surface area contributed by atoms with Crippen LogP contribution >= 0.6 is 65.6 Å². The molecule has 2 radical (unpaired) electrons. The number of alkyl halides is 9. The Kier molecular flexibility index (Phi) is 27.1. The molecule has 13 rings (SSSR count). The summed E-state index contributed by atoms with van der Waals surface area (Å²) in [5.74, 6) is -3.63. The number of carbonyl (C=O) groups excluding carboxylic acids is 7. The second kappa shape index (κ2) is 35.8. The number of hydrogen-bond acceptors (Lipinski definition) is 14. The number of anilines is 2. The number of Topliss-reactive ketones (excluding diaryl/α,β-unsaturated/α-hetero) is 3.